The smallest absolute Gasteiger partial charge is 0.410 e. The lowest BCUT2D eigenvalue weighted by atomic mass is 10.1. The Morgan fingerprint density at radius 2 is 2.38 bits per heavy atom. The SMILES string of the molecule is CC(C)(C)OC(=O)N1CCC(CNCc2cnc(Cl)s2)C1. The first-order valence-electron chi connectivity index (χ1n) is 7.12. The van der Waals surface area contributed by atoms with Crippen LogP contribution < -0.4 is 5.32 Å². The molecule has 118 valence electrons. The molecular formula is C14H22ClN3O2S. The van der Waals surface area contributed by atoms with Gasteiger partial charge >= 0.3 is 6.09 Å². The molecule has 1 aliphatic heterocycles. The zero-order chi connectivity index (χ0) is 15.5. The summed E-state index contributed by atoms with van der Waals surface area (Å²) in [7, 11) is 0. The number of amides is 1. The van der Waals surface area contributed by atoms with Gasteiger partial charge < -0.3 is 15.0 Å². The number of carbonyl (C=O) groups is 1. The first-order chi connectivity index (χ1) is 9.83. The van der Waals surface area contributed by atoms with Crippen molar-refractivity contribution < 1.29 is 9.53 Å². The van der Waals surface area contributed by atoms with E-state index in [9.17, 15) is 4.79 Å². The molecule has 1 aromatic rings. The number of halogens is 1. The molecule has 5 nitrogen and oxygen atoms in total. The molecule has 1 fully saturated rings. The van der Waals surface area contributed by atoms with Gasteiger partial charge in [-0.25, -0.2) is 9.78 Å². The molecule has 0 spiro atoms. The molecule has 1 aromatic heterocycles. The number of likely N-dealkylation sites (tertiary alicyclic amines) is 1. The number of nitrogens with zero attached hydrogens (tertiary/aromatic N) is 2. The lowest BCUT2D eigenvalue weighted by Gasteiger charge is -2.24. The number of carbonyl (C=O) groups excluding carboxylic acids is 1. The van der Waals surface area contributed by atoms with E-state index in [4.69, 9.17) is 16.3 Å². The van der Waals surface area contributed by atoms with Crippen molar-refractivity contribution in [1.82, 2.24) is 15.2 Å². The van der Waals surface area contributed by atoms with Crippen LogP contribution in [-0.2, 0) is 11.3 Å². The van der Waals surface area contributed by atoms with E-state index in [1.165, 1.54) is 11.3 Å². The van der Waals surface area contributed by atoms with Crippen LogP contribution in [0, 0.1) is 5.92 Å². The van der Waals surface area contributed by atoms with Gasteiger partial charge in [0.15, 0.2) is 4.47 Å². The zero-order valence-corrected chi connectivity index (χ0v) is 14.3. The predicted octanol–water partition coefficient (Wildman–Crippen LogP) is 3.14. The van der Waals surface area contributed by atoms with Gasteiger partial charge in [-0.2, -0.15) is 0 Å². The van der Waals surface area contributed by atoms with Gasteiger partial charge in [0.05, 0.1) is 0 Å². The van der Waals surface area contributed by atoms with Crippen molar-refractivity contribution in [3.05, 3.63) is 15.5 Å². The van der Waals surface area contributed by atoms with Gasteiger partial charge in [-0.05, 0) is 33.1 Å². The molecule has 1 aliphatic rings. The minimum atomic E-state index is -0.432. The van der Waals surface area contributed by atoms with Gasteiger partial charge in [0, 0.05) is 37.3 Å². The fraction of sp³-hybridized carbons (Fsp3) is 0.714. The van der Waals surface area contributed by atoms with Crippen LogP contribution >= 0.6 is 22.9 Å². The number of hydrogen-bond acceptors (Lipinski definition) is 5. The van der Waals surface area contributed by atoms with Crippen molar-refractivity contribution in [1.29, 1.82) is 0 Å². The van der Waals surface area contributed by atoms with E-state index in [2.05, 4.69) is 10.3 Å². The first kappa shape index (κ1) is 16.5. The van der Waals surface area contributed by atoms with Gasteiger partial charge in [0.2, 0.25) is 0 Å². The molecule has 0 bridgehead atoms. The maximum absolute atomic E-state index is 12.0. The second-order valence-corrected chi connectivity index (χ2v) is 7.99. The molecule has 0 radical (unpaired) electrons. The standard InChI is InChI=1S/C14H22ClN3O2S/c1-14(2,3)20-13(19)18-5-4-10(9-18)6-16-7-11-8-17-12(15)21-11/h8,10,16H,4-7,9H2,1-3H3. The summed E-state index contributed by atoms with van der Waals surface area (Å²) in [5.41, 5.74) is -0.432. The number of thiazole rings is 1. The number of ether oxygens (including phenoxy) is 1. The topological polar surface area (TPSA) is 54.5 Å². The molecule has 1 N–H and O–H groups in total. The second-order valence-electron chi connectivity index (χ2n) is 6.29. The van der Waals surface area contributed by atoms with Gasteiger partial charge in [0.25, 0.3) is 0 Å². The van der Waals surface area contributed by atoms with Crippen molar-refractivity contribution in [3.63, 3.8) is 0 Å². The summed E-state index contributed by atoms with van der Waals surface area (Å²) < 4.78 is 5.96. The predicted molar refractivity (Wildman–Crippen MR) is 84.7 cm³/mol. The van der Waals surface area contributed by atoms with Crippen LogP contribution in [0.1, 0.15) is 32.1 Å². The maximum Gasteiger partial charge on any atom is 0.410 e. The molecule has 1 unspecified atom stereocenters. The highest BCUT2D eigenvalue weighted by atomic mass is 35.5. The third-order valence-electron chi connectivity index (χ3n) is 3.20. The number of rotatable bonds is 4. The molecular weight excluding hydrogens is 310 g/mol. The molecule has 0 aliphatic carbocycles. The molecule has 2 rings (SSSR count). The van der Waals surface area contributed by atoms with Crippen LogP contribution in [0.5, 0.6) is 0 Å². The Bertz CT molecular complexity index is 487. The van der Waals surface area contributed by atoms with Crippen molar-refractivity contribution in [2.75, 3.05) is 19.6 Å². The Labute approximate surface area is 134 Å². The van der Waals surface area contributed by atoms with Gasteiger partial charge in [-0.3, -0.25) is 0 Å². The van der Waals surface area contributed by atoms with E-state index in [0.717, 1.165) is 37.5 Å². The summed E-state index contributed by atoms with van der Waals surface area (Å²) in [6.45, 7) is 8.85. The average Bonchev–Trinajstić information content (AvgIpc) is 2.97. The average molecular weight is 332 g/mol. The normalized spacial score (nSPS) is 19.0. The maximum atomic E-state index is 12.0. The van der Waals surface area contributed by atoms with Crippen LogP contribution in [0.3, 0.4) is 0 Å². The van der Waals surface area contributed by atoms with Gasteiger partial charge in [-0.15, -0.1) is 11.3 Å². The molecule has 1 saturated heterocycles. The summed E-state index contributed by atoms with van der Waals surface area (Å²) in [5.74, 6) is 0.473. The lowest BCUT2D eigenvalue weighted by molar-refractivity contribution is 0.0288. The number of nitrogens with one attached hydrogen (secondary N) is 1. The van der Waals surface area contributed by atoms with Crippen molar-refractivity contribution in [2.24, 2.45) is 5.92 Å². The summed E-state index contributed by atoms with van der Waals surface area (Å²) in [6, 6.07) is 0. The van der Waals surface area contributed by atoms with Crippen molar-refractivity contribution in [2.45, 2.75) is 39.3 Å². The number of hydrogen-bond donors (Lipinski definition) is 1. The van der Waals surface area contributed by atoms with Crippen LogP contribution in [0.4, 0.5) is 4.79 Å². The third-order valence-corrected chi connectivity index (χ3v) is 4.31. The summed E-state index contributed by atoms with van der Waals surface area (Å²) >= 11 is 7.28. The molecule has 7 heteroatoms. The molecule has 1 amide bonds. The van der Waals surface area contributed by atoms with E-state index in [-0.39, 0.29) is 6.09 Å². The first-order valence-corrected chi connectivity index (χ1v) is 8.32. The van der Waals surface area contributed by atoms with Crippen LogP contribution in [0.15, 0.2) is 6.20 Å². The summed E-state index contributed by atoms with van der Waals surface area (Å²) in [5, 5.41) is 3.40. The fourth-order valence-electron chi connectivity index (χ4n) is 2.26. The van der Waals surface area contributed by atoms with Gasteiger partial charge in [0.1, 0.15) is 5.60 Å². The Morgan fingerprint density at radius 3 is 3.00 bits per heavy atom. The van der Waals surface area contributed by atoms with E-state index < -0.39 is 5.60 Å². The van der Waals surface area contributed by atoms with Crippen molar-refractivity contribution >= 4 is 29.0 Å². The third kappa shape index (κ3) is 5.45. The van der Waals surface area contributed by atoms with E-state index in [1.807, 2.05) is 20.8 Å². The quantitative estimate of drug-likeness (QED) is 0.921. The van der Waals surface area contributed by atoms with Crippen molar-refractivity contribution in [3.8, 4) is 0 Å². The minimum absolute atomic E-state index is 0.209. The summed E-state index contributed by atoms with van der Waals surface area (Å²) in [6.07, 6.45) is 2.59. The van der Waals surface area contributed by atoms with E-state index in [1.54, 1.807) is 11.1 Å². The van der Waals surface area contributed by atoms with Crippen LogP contribution in [0.25, 0.3) is 0 Å². The van der Waals surface area contributed by atoms with Crippen LogP contribution in [-0.4, -0.2) is 41.2 Å². The Balaban J connectivity index is 1.69. The summed E-state index contributed by atoms with van der Waals surface area (Å²) in [4.78, 5) is 18.9. The van der Waals surface area contributed by atoms with Crippen LogP contribution in [0.2, 0.25) is 4.47 Å². The molecule has 0 aromatic carbocycles. The Kier molecular flexibility index (Phi) is 5.46. The number of aromatic nitrogens is 1. The van der Waals surface area contributed by atoms with E-state index in [0.29, 0.717) is 10.4 Å². The fourth-order valence-corrected chi connectivity index (χ4v) is 3.20. The van der Waals surface area contributed by atoms with E-state index >= 15 is 0 Å². The molecule has 0 saturated carbocycles. The lowest BCUT2D eigenvalue weighted by Crippen LogP contribution is -2.36. The second kappa shape index (κ2) is 6.94. The molecule has 1 atom stereocenters. The Morgan fingerprint density at radius 1 is 1.62 bits per heavy atom. The molecule has 21 heavy (non-hydrogen) atoms. The minimum Gasteiger partial charge on any atom is -0.444 e. The molecule has 2 heterocycles. The highest BCUT2D eigenvalue weighted by Gasteiger charge is 2.29. The highest BCUT2D eigenvalue weighted by molar-refractivity contribution is 7.15. The Hall–Kier alpha value is -0.850. The largest absolute Gasteiger partial charge is 0.444 e. The zero-order valence-electron chi connectivity index (χ0n) is 12.7. The highest BCUT2D eigenvalue weighted by Crippen LogP contribution is 2.20. The van der Waals surface area contributed by atoms with Gasteiger partial charge in [-0.1, -0.05) is 11.6 Å². The monoisotopic (exact) mass is 331 g/mol.